The largest absolute Gasteiger partial charge is 0.497 e. The molecular formula is C30H35Cl2N3O5S. The van der Waals surface area contributed by atoms with E-state index in [0.717, 1.165) is 9.87 Å². The van der Waals surface area contributed by atoms with Gasteiger partial charge >= 0.3 is 0 Å². The van der Waals surface area contributed by atoms with Crippen molar-refractivity contribution in [1.29, 1.82) is 0 Å². The van der Waals surface area contributed by atoms with Crippen LogP contribution in [0.25, 0.3) is 0 Å². The molecule has 3 aromatic carbocycles. The van der Waals surface area contributed by atoms with Crippen LogP contribution >= 0.6 is 23.2 Å². The molecule has 2 atom stereocenters. The molecule has 0 saturated heterocycles. The summed E-state index contributed by atoms with van der Waals surface area (Å²) in [6, 6.07) is 18.3. The van der Waals surface area contributed by atoms with E-state index >= 15 is 0 Å². The first-order valence-electron chi connectivity index (χ1n) is 13.3. The van der Waals surface area contributed by atoms with Crippen LogP contribution in [0.5, 0.6) is 5.75 Å². The van der Waals surface area contributed by atoms with E-state index in [-0.39, 0.29) is 34.1 Å². The van der Waals surface area contributed by atoms with Crippen molar-refractivity contribution in [2.45, 2.75) is 57.1 Å². The molecule has 0 fully saturated rings. The van der Waals surface area contributed by atoms with E-state index in [1.165, 1.54) is 35.2 Å². The lowest BCUT2D eigenvalue weighted by Crippen LogP contribution is -2.53. The first kappa shape index (κ1) is 32.2. The number of rotatable bonds is 13. The van der Waals surface area contributed by atoms with Gasteiger partial charge in [-0.2, -0.15) is 0 Å². The minimum Gasteiger partial charge on any atom is -0.497 e. The average Bonchev–Trinajstić information content (AvgIpc) is 2.96. The minimum absolute atomic E-state index is 0.0120. The fourth-order valence-corrected chi connectivity index (χ4v) is 6.22. The first-order valence-corrected chi connectivity index (χ1v) is 15.5. The molecule has 0 heterocycles. The van der Waals surface area contributed by atoms with Gasteiger partial charge in [-0.1, -0.05) is 67.4 Å². The number of carbonyl (C=O) groups excluding carboxylic acids is 2. The summed E-state index contributed by atoms with van der Waals surface area (Å²) < 4.78 is 34.0. The van der Waals surface area contributed by atoms with Crippen LogP contribution in [0, 0.1) is 0 Å². The van der Waals surface area contributed by atoms with Crippen molar-refractivity contribution in [3.63, 3.8) is 0 Å². The van der Waals surface area contributed by atoms with Crippen molar-refractivity contribution < 1.29 is 22.7 Å². The zero-order valence-corrected chi connectivity index (χ0v) is 25.8. The SMILES string of the molecule is CC[C@H](C(=O)N[C@@H](C)CC)N(Cc1ccc(OC)cc1)C(=O)CN(c1ccc(Cl)cc1Cl)S(=O)(=O)c1ccccc1. The maximum atomic E-state index is 14.1. The minimum atomic E-state index is -4.23. The maximum Gasteiger partial charge on any atom is 0.264 e. The van der Waals surface area contributed by atoms with Crippen LogP contribution in [0.1, 0.15) is 39.2 Å². The van der Waals surface area contributed by atoms with Gasteiger partial charge in [0.25, 0.3) is 10.0 Å². The summed E-state index contributed by atoms with van der Waals surface area (Å²) >= 11 is 12.5. The smallest absolute Gasteiger partial charge is 0.264 e. The monoisotopic (exact) mass is 619 g/mol. The number of sulfonamides is 1. The van der Waals surface area contributed by atoms with Gasteiger partial charge in [0.1, 0.15) is 18.3 Å². The summed E-state index contributed by atoms with van der Waals surface area (Å²) in [7, 11) is -2.68. The Morgan fingerprint density at radius 1 is 0.951 bits per heavy atom. The summed E-state index contributed by atoms with van der Waals surface area (Å²) in [5.74, 6) is -0.242. The number of ether oxygens (including phenoxy) is 1. The molecule has 0 saturated carbocycles. The van der Waals surface area contributed by atoms with Gasteiger partial charge in [-0.3, -0.25) is 13.9 Å². The fraction of sp³-hybridized carbons (Fsp3) is 0.333. The number of hydrogen-bond acceptors (Lipinski definition) is 5. The molecule has 11 heteroatoms. The number of anilines is 1. The number of nitrogens with one attached hydrogen (secondary N) is 1. The van der Waals surface area contributed by atoms with Crippen LogP contribution in [-0.4, -0.2) is 50.9 Å². The highest BCUT2D eigenvalue weighted by Gasteiger charge is 2.34. The fourth-order valence-electron chi connectivity index (χ4n) is 4.20. The Bertz CT molecular complexity index is 1440. The van der Waals surface area contributed by atoms with Gasteiger partial charge in [0.15, 0.2) is 0 Å². The Morgan fingerprint density at radius 3 is 2.17 bits per heavy atom. The number of methoxy groups -OCH3 is 1. The number of benzene rings is 3. The first-order chi connectivity index (χ1) is 19.5. The van der Waals surface area contributed by atoms with E-state index in [2.05, 4.69) is 5.32 Å². The molecule has 0 bridgehead atoms. The van der Waals surface area contributed by atoms with E-state index < -0.39 is 28.5 Å². The molecular weight excluding hydrogens is 585 g/mol. The predicted molar refractivity (Wildman–Crippen MR) is 163 cm³/mol. The second kappa shape index (κ2) is 14.6. The molecule has 0 spiro atoms. The van der Waals surface area contributed by atoms with Gasteiger partial charge < -0.3 is 15.0 Å². The predicted octanol–water partition coefficient (Wildman–Crippen LogP) is 5.92. The van der Waals surface area contributed by atoms with Crippen molar-refractivity contribution in [2.75, 3.05) is 18.0 Å². The van der Waals surface area contributed by atoms with Gasteiger partial charge in [-0.15, -0.1) is 0 Å². The summed E-state index contributed by atoms with van der Waals surface area (Å²) in [6.07, 6.45) is 1.03. The lowest BCUT2D eigenvalue weighted by atomic mass is 10.1. The molecule has 3 rings (SSSR count). The molecule has 41 heavy (non-hydrogen) atoms. The Morgan fingerprint density at radius 2 is 1.61 bits per heavy atom. The number of nitrogens with zero attached hydrogens (tertiary/aromatic N) is 2. The third kappa shape index (κ3) is 8.15. The third-order valence-corrected chi connectivity index (χ3v) is 9.00. The summed E-state index contributed by atoms with van der Waals surface area (Å²) in [5.41, 5.74) is 0.839. The zero-order valence-electron chi connectivity index (χ0n) is 23.5. The zero-order chi connectivity index (χ0) is 30.2. The number of carbonyl (C=O) groups is 2. The average molecular weight is 621 g/mol. The molecule has 220 valence electrons. The highest BCUT2D eigenvalue weighted by molar-refractivity contribution is 7.92. The Balaban J connectivity index is 2.07. The Labute approximate surface area is 252 Å². The van der Waals surface area contributed by atoms with Crippen molar-refractivity contribution in [1.82, 2.24) is 10.2 Å². The van der Waals surface area contributed by atoms with Crippen LogP contribution in [-0.2, 0) is 26.2 Å². The molecule has 1 N–H and O–H groups in total. The molecule has 0 radical (unpaired) electrons. The van der Waals surface area contributed by atoms with Gasteiger partial charge in [0.2, 0.25) is 11.8 Å². The van der Waals surface area contributed by atoms with E-state index in [0.29, 0.717) is 23.6 Å². The van der Waals surface area contributed by atoms with E-state index in [4.69, 9.17) is 27.9 Å². The summed E-state index contributed by atoms with van der Waals surface area (Å²) in [5, 5.41) is 3.33. The Kier molecular flexibility index (Phi) is 11.5. The van der Waals surface area contributed by atoms with E-state index in [9.17, 15) is 18.0 Å². The number of halogens is 2. The van der Waals surface area contributed by atoms with Crippen molar-refractivity contribution >= 4 is 50.7 Å². The third-order valence-electron chi connectivity index (χ3n) is 6.69. The van der Waals surface area contributed by atoms with Gasteiger partial charge in [-0.05, 0) is 67.8 Å². The molecule has 0 aliphatic rings. The molecule has 3 aromatic rings. The van der Waals surface area contributed by atoms with Crippen molar-refractivity contribution in [3.05, 3.63) is 88.4 Å². The van der Waals surface area contributed by atoms with Crippen molar-refractivity contribution in [3.8, 4) is 5.75 Å². The van der Waals surface area contributed by atoms with Gasteiger partial charge in [0.05, 0.1) is 22.7 Å². The highest BCUT2D eigenvalue weighted by atomic mass is 35.5. The molecule has 0 aromatic heterocycles. The van der Waals surface area contributed by atoms with Crippen LogP contribution in [0.15, 0.2) is 77.7 Å². The lowest BCUT2D eigenvalue weighted by molar-refractivity contribution is -0.140. The topological polar surface area (TPSA) is 96.0 Å². The Hall–Kier alpha value is -3.27. The van der Waals surface area contributed by atoms with E-state index in [1.54, 1.807) is 49.6 Å². The molecule has 0 unspecified atom stereocenters. The quantitative estimate of drug-likeness (QED) is 0.256. The number of hydrogen-bond donors (Lipinski definition) is 1. The molecule has 2 amide bonds. The highest BCUT2D eigenvalue weighted by Crippen LogP contribution is 2.33. The lowest BCUT2D eigenvalue weighted by Gasteiger charge is -2.34. The second-order valence-corrected chi connectivity index (χ2v) is 12.2. The second-order valence-electron chi connectivity index (χ2n) is 9.53. The van der Waals surface area contributed by atoms with Crippen LogP contribution in [0.3, 0.4) is 0 Å². The van der Waals surface area contributed by atoms with Crippen molar-refractivity contribution in [2.24, 2.45) is 0 Å². The molecule has 0 aliphatic heterocycles. The summed E-state index contributed by atoms with van der Waals surface area (Å²) in [6.45, 7) is 5.12. The van der Waals surface area contributed by atoms with Crippen LogP contribution in [0.2, 0.25) is 10.0 Å². The maximum absolute atomic E-state index is 14.1. The van der Waals surface area contributed by atoms with Gasteiger partial charge in [0, 0.05) is 17.6 Å². The van der Waals surface area contributed by atoms with Crippen LogP contribution in [0.4, 0.5) is 5.69 Å². The summed E-state index contributed by atoms with van der Waals surface area (Å²) in [4.78, 5) is 28.9. The molecule has 0 aliphatic carbocycles. The number of amides is 2. The molecule has 8 nitrogen and oxygen atoms in total. The van der Waals surface area contributed by atoms with Crippen LogP contribution < -0.4 is 14.4 Å². The van der Waals surface area contributed by atoms with E-state index in [1.807, 2.05) is 20.8 Å². The standard InChI is InChI=1S/C30H35Cl2N3O5S/c1-5-21(3)33-30(37)27(6-2)34(19-22-12-15-24(40-4)16-13-22)29(36)20-35(28-17-14-23(31)18-26(28)32)41(38,39)25-10-8-7-9-11-25/h7-18,21,27H,5-6,19-20H2,1-4H3,(H,33,37)/t21-,27+/m0/s1. The van der Waals surface area contributed by atoms with Gasteiger partial charge in [-0.25, -0.2) is 8.42 Å². The normalized spacial score (nSPS) is 12.7.